The van der Waals surface area contributed by atoms with E-state index in [4.69, 9.17) is 18.6 Å². The van der Waals surface area contributed by atoms with Crippen LogP contribution < -0.4 is 14.2 Å². The van der Waals surface area contributed by atoms with Gasteiger partial charge < -0.3 is 28.5 Å². The summed E-state index contributed by atoms with van der Waals surface area (Å²) in [6.45, 7) is 1.60. The number of methoxy groups -OCH3 is 2. The van der Waals surface area contributed by atoms with Crippen LogP contribution in [0.4, 0.5) is 0 Å². The fourth-order valence-electron chi connectivity index (χ4n) is 4.59. The molecule has 0 radical (unpaired) electrons. The van der Waals surface area contributed by atoms with E-state index in [9.17, 15) is 4.79 Å². The van der Waals surface area contributed by atoms with Crippen molar-refractivity contribution in [1.82, 2.24) is 9.88 Å². The van der Waals surface area contributed by atoms with E-state index < -0.39 is 0 Å². The summed E-state index contributed by atoms with van der Waals surface area (Å²) in [7, 11) is 3.28. The number of piperidine rings is 1. The van der Waals surface area contributed by atoms with E-state index in [1.54, 1.807) is 26.4 Å². The van der Waals surface area contributed by atoms with Gasteiger partial charge in [-0.25, -0.2) is 0 Å². The Labute approximate surface area is 198 Å². The summed E-state index contributed by atoms with van der Waals surface area (Å²) in [5.74, 6) is 3.39. The number of nitrogens with zero attached hydrogens (tertiary/aromatic N) is 1. The van der Waals surface area contributed by atoms with Crippen molar-refractivity contribution in [2.45, 2.75) is 25.4 Å². The van der Waals surface area contributed by atoms with E-state index in [2.05, 4.69) is 17.2 Å². The number of carbonyl (C=O) groups is 1. The average Bonchev–Trinajstić information content (AvgIpc) is 3.54. The van der Waals surface area contributed by atoms with Crippen LogP contribution in [0.1, 0.15) is 40.6 Å². The number of aromatic amines is 1. The van der Waals surface area contributed by atoms with E-state index in [0.717, 1.165) is 24.1 Å². The number of para-hydroxylation sites is 2. The van der Waals surface area contributed by atoms with Crippen LogP contribution in [0.25, 0.3) is 10.9 Å². The number of ether oxygens (including phenoxy) is 3. The molecule has 1 amide bonds. The molecule has 1 aliphatic heterocycles. The van der Waals surface area contributed by atoms with Gasteiger partial charge in [-0.1, -0.05) is 12.1 Å². The lowest BCUT2D eigenvalue weighted by molar-refractivity contribution is 0.0677. The standard InChI is InChI=1S/C27H28N2O5/c1-31-19-7-9-23-21(15-19)22(16-28-23)18-11-13-29(14-12-18)27(30)26-10-8-20(34-26)17-33-25-6-4-3-5-24(25)32-2/h3-10,15-16,18,28H,11-14,17H2,1-2H3. The van der Waals surface area contributed by atoms with E-state index in [1.807, 2.05) is 41.3 Å². The molecule has 1 N–H and O–H groups in total. The summed E-state index contributed by atoms with van der Waals surface area (Å²) in [6.07, 6.45) is 3.90. The summed E-state index contributed by atoms with van der Waals surface area (Å²) >= 11 is 0. The van der Waals surface area contributed by atoms with Crippen molar-refractivity contribution in [3.8, 4) is 17.2 Å². The Morgan fingerprint density at radius 3 is 2.59 bits per heavy atom. The van der Waals surface area contributed by atoms with E-state index in [-0.39, 0.29) is 12.5 Å². The molecule has 34 heavy (non-hydrogen) atoms. The van der Waals surface area contributed by atoms with Crippen molar-refractivity contribution < 1.29 is 23.4 Å². The van der Waals surface area contributed by atoms with E-state index in [0.29, 0.717) is 42.0 Å². The molecule has 2 aromatic heterocycles. The highest BCUT2D eigenvalue weighted by Gasteiger charge is 2.27. The molecule has 7 heteroatoms. The lowest BCUT2D eigenvalue weighted by Crippen LogP contribution is -2.37. The highest BCUT2D eigenvalue weighted by molar-refractivity contribution is 5.91. The Balaban J connectivity index is 1.20. The third-order valence-corrected chi connectivity index (χ3v) is 6.45. The first-order valence-corrected chi connectivity index (χ1v) is 11.4. The Hall–Kier alpha value is -3.87. The molecule has 0 atom stereocenters. The molecule has 0 spiro atoms. The number of furan rings is 1. The number of hydrogen-bond acceptors (Lipinski definition) is 5. The summed E-state index contributed by atoms with van der Waals surface area (Å²) in [5.41, 5.74) is 2.39. The number of amides is 1. The van der Waals surface area contributed by atoms with E-state index >= 15 is 0 Å². The molecule has 0 unspecified atom stereocenters. The van der Waals surface area contributed by atoms with Gasteiger partial charge >= 0.3 is 0 Å². The van der Waals surface area contributed by atoms with Crippen LogP contribution >= 0.6 is 0 Å². The normalized spacial score (nSPS) is 14.4. The predicted octanol–water partition coefficient (Wildman–Crippen LogP) is 5.38. The van der Waals surface area contributed by atoms with Gasteiger partial charge in [0.25, 0.3) is 5.91 Å². The molecular formula is C27H28N2O5. The first-order valence-electron chi connectivity index (χ1n) is 11.4. The van der Waals surface area contributed by atoms with Crippen LogP contribution in [0.15, 0.2) is 65.2 Å². The van der Waals surface area contributed by atoms with Crippen LogP contribution in [0.5, 0.6) is 17.2 Å². The van der Waals surface area contributed by atoms with Crippen LogP contribution in [0.3, 0.4) is 0 Å². The molecule has 1 aliphatic rings. The van der Waals surface area contributed by atoms with Gasteiger partial charge in [0.15, 0.2) is 17.3 Å². The zero-order valence-corrected chi connectivity index (χ0v) is 19.4. The zero-order chi connectivity index (χ0) is 23.5. The lowest BCUT2D eigenvalue weighted by atomic mass is 9.89. The number of rotatable bonds is 7. The van der Waals surface area contributed by atoms with Crippen molar-refractivity contribution in [2.24, 2.45) is 0 Å². The summed E-state index contributed by atoms with van der Waals surface area (Å²) in [4.78, 5) is 18.3. The van der Waals surface area contributed by atoms with Crippen LogP contribution in [-0.4, -0.2) is 43.1 Å². The molecular weight excluding hydrogens is 432 g/mol. The maximum Gasteiger partial charge on any atom is 0.289 e. The number of fused-ring (bicyclic) bond motifs is 1. The second-order valence-electron chi connectivity index (χ2n) is 8.43. The number of carbonyl (C=O) groups excluding carboxylic acids is 1. The number of aromatic nitrogens is 1. The summed E-state index contributed by atoms with van der Waals surface area (Å²) in [5, 5.41) is 1.19. The second-order valence-corrected chi connectivity index (χ2v) is 8.43. The van der Waals surface area contributed by atoms with Gasteiger partial charge in [0.05, 0.1) is 14.2 Å². The minimum Gasteiger partial charge on any atom is -0.497 e. The van der Waals surface area contributed by atoms with Gasteiger partial charge in [-0.2, -0.15) is 0 Å². The largest absolute Gasteiger partial charge is 0.497 e. The highest BCUT2D eigenvalue weighted by Crippen LogP contribution is 2.35. The summed E-state index contributed by atoms with van der Waals surface area (Å²) in [6, 6.07) is 17.0. The van der Waals surface area contributed by atoms with Crippen molar-refractivity contribution >= 4 is 16.8 Å². The van der Waals surface area contributed by atoms with Crippen molar-refractivity contribution in [1.29, 1.82) is 0 Å². The topological polar surface area (TPSA) is 76.9 Å². The van der Waals surface area contributed by atoms with Crippen molar-refractivity contribution in [3.63, 3.8) is 0 Å². The Morgan fingerprint density at radius 1 is 1.03 bits per heavy atom. The number of H-pyrrole nitrogens is 1. The van der Waals surface area contributed by atoms with Crippen molar-refractivity contribution in [3.05, 3.63) is 77.9 Å². The second kappa shape index (κ2) is 9.55. The lowest BCUT2D eigenvalue weighted by Gasteiger charge is -2.31. The summed E-state index contributed by atoms with van der Waals surface area (Å²) < 4.78 is 22.3. The van der Waals surface area contributed by atoms with Gasteiger partial charge in [0.2, 0.25) is 0 Å². The Bertz CT molecular complexity index is 1280. The van der Waals surface area contributed by atoms with Gasteiger partial charge in [0, 0.05) is 30.2 Å². The minimum atomic E-state index is -0.0809. The zero-order valence-electron chi connectivity index (χ0n) is 19.4. The average molecular weight is 461 g/mol. The van der Waals surface area contributed by atoms with Crippen LogP contribution in [-0.2, 0) is 6.61 Å². The molecule has 4 aromatic rings. The monoisotopic (exact) mass is 460 g/mol. The highest BCUT2D eigenvalue weighted by atomic mass is 16.5. The molecule has 0 saturated carbocycles. The third kappa shape index (κ3) is 4.33. The quantitative estimate of drug-likeness (QED) is 0.401. The molecule has 3 heterocycles. The number of likely N-dealkylation sites (tertiary alicyclic amines) is 1. The third-order valence-electron chi connectivity index (χ3n) is 6.45. The maximum atomic E-state index is 13.0. The molecule has 0 bridgehead atoms. The number of hydrogen-bond donors (Lipinski definition) is 1. The van der Waals surface area contributed by atoms with Crippen molar-refractivity contribution in [2.75, 3.05) is 27.3 Å². The van der Waals surface area contributed by atoms with Crippen LogP contribution in [0, 0.1) is 0 Å². The molecule has 1 fully saturated rings. The van der Waals surface area contributed by atoms with Gasteiger partial charge in [-0.15, -0.1) is 0 Å². The Kier molecular flexibility index (Phi) is 6.16. The SMILES string of the molecule is COc1ccc2[nH]cc(C3CCN(C(=O)c4ccc(COc5ccccc5OC)o4)CC3)c2c1. The molecule has 0 aliphatic carbocycles. The number of nitrogens with one attached hydrogen (secondary N) is 1. The van der Waals surface area contributed by atoms with E-state index in [1.165, 1.54) is 10.9 Å². The van der Waals surface area contributed by atoms with Gasteiger partial charge in [-0.3, -0.25) is 4.79 Å². The molecule has 2 aromatic carbocycles. The first kappa shape index (κ1) is 21.9. The molecule has 5 rings (SSSR count). The van der Waals surface area contributed by atoms with Crippen LogP contribution in [0.2, 0.25) is 0 Å². The fourth-order valence-corrected chi connectivity index (χ4v) is 4.59. The van der Waals surface area contributed by atoms with Gasteiger partial charge in [-0.05, 0) is 66.8 Å². The molecule has 176 valence electrons. The van der Waals surface area contributed by atoms with Gasteiger partial charge in [0.1, 0.15) is 18.1 Å². The first-order chi connectivity index (χ1) is 16.7. The maximum absolute atomic E-state index is 13.0. The Morgan fingerprint density at radius 2 is 1.82 bits per heavy atom. The fraction of sp³-hybridized carbons (Fsp3) is 0.296. The molecule has 1 saturated heterocycles. The predicted molar refractivity (Wildman–Crippen MR) is 129 cm³/mol. The minimum absolute atomic E-state index is 0.0809. The number of benzene rings is 2. The molecule has 7 nitrogen and oxygen atoms in total. The smallest absolute Gasteiger partial charge is 0.289 e.